The molecule has 62 heavy (non-hydrogen) atoms. The Morgan fingerprint density at radius 2 is 0.774 bits per heavy atom. The van der Waals surface area contributed by atoms with Crippen LogP contribution in [0.15, 0.2) is 194 Å². The zero-order chi connectivity index (χ0) is 40.2. The lowest BCUT2D eigenvalue weighted by molar-refractivity contribution is 0.487. The topological polar surface area (TPSA) is 28.2 Å². The van der Waals surface area contributed by atoms with Gasteiger partial charge in [0.25, 0.3) is 20.1 Å². The van der Waals surface area contributed by atoms with Gasteiger partial charge in [-0.05, 0) is 122 Å². The van der Waals surface area contributed by atoms with Crippen LogP contribution in [-0.2, 0) is 0 Å². The first-order chi connectivity index (χ1) is 30.8. The molecule has 0 fully saturated rings. The van der Waals surface area contributed by atoms with Crippen LogP contribution in [0.25, 0.3) is 0 Å². The van der Waals surface area contributed by atoms with Crippen LogP contribution in [0.5, 0.6) is 23.0 Å². The third-order valence-corrected chi connectivity index (χ3v) is 14.1. The zero-order valence-corrected chi connectivity index (χ0v) is 33.4. The number of ether oxygens (including phenoxy) is 2. The molecule has 0 spiro atoms. The molecule has 6 aliphatic rings. The second-order valence-corrected chi connectivity index (χ2v) is 17.1. The molecule has 0 amide bonds. The van der Waals surface area contributed by atoms with Crippen molar-refractivity contribution >= 4 is 120 Å². The standard InChI is InChI=1S/C54H32B3N3O2/c1-3-16-33(17-4-1)58-41-24-11-7-20-35(41)57-40-30-45-39(31-49(40)62-48-29-15-27-44(58)51(48)57)56-37-22-9-13-26-43(37)60-42-25-12-8-21-36(42)55-38-23-10-14-28-47(38)61-50-32-46(52(56)54(60)53(50)55)59(45)34-18-5-2-6-19-34/h1-32H. The van der Waals surface area contributed by atoms with E-state index >= 15 is 0 Å². The Bertz CT molecular complexity index is 3430. The maximum atomic E-state index is 7.20. The second-order valence-electron chi connectivity index (χ2n) is 17.1. The van der Waals surface area contributed by atoms with Gasteiger partial charge in [0.05, 0.1) is 0 Å². The van der Waals surface area contributed by atoms with Crippen molar-refractivity contribution in [1.82, 2.24) is 0 Å². The maximum absolute atomic E-state index is 7.20. The summed E-state index contributed by atoms with van der Waals surface area (Å²) in [7, 11) is 0. The van der Waals surface area contributed by atoms with Gasteiger partial charge in [0.2, 0.25) is 0 Å². The van der Waals surface area contributed by atoms with E-state index in [9.17, 15) is 0 Å². The van der Waals surface area contributed by atoms with Crippen LogP contribution in [0.2, 0.25) is 0 Å². The minimum Gasteiger partial charge on any atom is -0.458 e. The SMILES string of the molecule is c1ccc(N2c3ccccc3B3c4cc5c(cc4Oc4cccc2c43)B2c3ccccc3N3c4ccccc4B4c6ccccc6Oc6cc(c2c3c64)N5c2ccccc2)cc1. The molecule has 5 nitrogen and oxygen atoms in total. The molecule has 9 aromatic carbocycles. The molecule has 284 valence electrons. The molecule has 9 aromatic rings. The van der Waals surface area contributed by atoms with E-state index < -0.39 is 0 Å². The van der Waals surface area contributed by atoms with E-state index in [0.717, 1.165) is 56.9 Å². The molecular formula is C54H32B3N3O2. The molecule has 0 aromatic heterocycles. The quantitative estimate of drug-likeness (QED) is 0.175. The van der Waals surface area contributed by atoms with Gasteiger partial charge >= 0.3 is 0 Å². The van der Waals surface area contributed by atoms with Gasteiger partial charge in [0, 0.05) is 57.3 Å². The number of fused-ring (bicyclic) bond motifs is 14. The van der Waals surface area contributed by atoms with E-state index in [1.807, 2.05) is 0 Å². The molecule has 0 atom stereocenters. The molecule has 0 saturated heterocycles. The van der Waals surface area contributed by atoms with E-state index in [4.69, 9.17) is 9.47 Å². The normalized spacial score (nSPS) is 14.5. The van der Waals surface area contributed by atoms with Crippen LogP contribution in [-0.4, -0.2) is 20.1 Å². The number of nitrogens with zero attached hydrogens (tertiary/aromatic N) is 3. The Balaban J connectivity index is 1.03. The van der Waals surface area contributed by atoms with E-state index in [1.165, 1.54) is 66.5 Å². The van der Waals surface area contributed by atoms with Crippen LogP contribution in [0.1, 0.15) is 0 Å². The van der Waals surface area contributed by atoms with Gasteiger partial charge in [-0.15, -0.1) is 0 Å². The average Bonchev–Trinajstić information content (AvgIpc) is 3.33. The molecule has 0 aliphatic carbocycles. The zero-order valence-electron chi connectivity index (χ0n) is 33.4. The Labute approximate surface area is 360 Å². The predicted molar refractivity (Wildman–Crippen MR) is 257 cm³/mol. The number of para-hydroxylation sites is 6. The van der Waals surface area contributed by atoms with Crippen LogP contribution >= 0.6 is 0 Å². The third-order valence-electron chi connectivity index (χ3n) is 14.1. The predicted octanol–water partition coefficient (Wildman–Crippen LogP) is 7.11. The number of benzene rings is 9. The van der Waals surface area contributed by atoms with Crippen LogP contribution in [0, 0.1) is 0 Å². The van der Waals surface area contributed by atoms with Gasteiger partial charge in [-0.1, -0.05) is 115 Å². The second kappa shape index (κ2) is 11.9. The first kappa shape index (κ1) is 33.0. The summed E-state index contributed by atoms with van der Waals surface area (Å²) in [6, 6.07) is 70.8. The molecule has 0 radical (unpaired) electrons. The summed E-state index contributed by atoms with van der Waals surface area (Å²) < 4.78 is 14.3. The van der Waals surface area contributed by atoms with Crippen molar-refractivity contribution in [2.24, 2.45) is 0 Å². The minimum atomic E-state index is -0.0651. The summed E-state index contributed by atoms with van der Waals surface area (Å²) >= 11 is 0. The van der Waals surface area contributed by atoms with Crippen molar-refractivity contribution in [2.45, 2.75) is 0 Å². The smallest absolute Gasteiger partial charge is 0.256 e. The van der Waals surface area contributed by atoms with Gasteiger partial charge in [-0.3, -0.25) is 0 Å². The maximum Gasteiger partial charge on any atom is 0.256 e. The Kier molecular flexibility index (Phi) is 6.34. The minimum absolute atomic E-state index is 0.0274. The molecule has 0 N–H and O–H groups in total. The Morgan fingerprint density at radius 1 is 0.274 bits per heavy atom. The lowest BCUT2D eigenvalue weighted by atomic mass is 9.28. The van der Waals surface area contributed by atoms with Crippen LogP contribution < -0.4 is 73.3 Å². The highest BCUT2D eigenvalue weighted by atomic mass is 16.5. The summed E-state index contributed by atoms with van der Waals surface area (Å²) in [4.78, 5) is 7.42. The van der Waals surface area contributed by atoms with Crippen LogP contribution in [0.3, 0.4) is 0 Å². The van der Waals surface area contributed by atoms with Crippen molar-refractivity contribution in [2.75, 3.05) is 14.7 Å². The summed E-state index contributed by atoms with van der Waals surface area (Å²) in [5.41, 5.74) is 21.6. The molecule has 8 heteroatoms. The Hall–Kier alpha value is -7.83. The van der Waals surface area contributed by atoms with Crippen molar-refractivity contribution in [3.8, 4) is 23.0 Å². The average molecular weight is 787 g/mol. The van der Waals surface area contributed by atoms with Gasteiger partial charge < -0.3 is 24.2 Å². The highest BCUT2D eigenvalue weighted by Gasteiger charge is 2.52. The summed E-state index contributed by atoms with van der Waals surface area (Å²) in [5.74, 6) is 3.63. The summed E-state index contributed by atoms with van der Waals surface area (Å²) in [5, 5.41) is 0. The first-order valence-electron chi connectivity index (χ1n) is 21.5. The van der Waals surface area contributed by atoms with Gasteiger partial charge in [0.1, 0.15) is 23.0 Å². The lowest BCUT2D eigenvalue weighted by Gasteiger charge is -2.49. The van der Waals surface area contributed by atoms with Gasteiger partial charge in [-0.25, -0.2) is 0 Å². The van der Waals surface area contributed by atoms with Crippen molar-refractivity contribution < 1.29 is 9.47 Å². The summed E-state index contributed by atoms with van der Waals surface area (Å²) in [6.07, 6.45) is 0. The molecule has 0 saturated carbocycles. The fraction of sp³-hybridized carbons (Fsp3) is 0. The molecule has 6 aliphatic heterocycles. The van der Waals surface area contributed by atoms with Crippen molar-refractivity contribution in [3.63, 3.8) is 0 Å². The third kappa shape index (κ3) is 4.12. The van der Waals surface area contributed by atoms with E-state index in [1.54, 1.807) is 0 Å². The molecule has 6 heterocycles. The van der Waals surface area contributed by atoms with Crippen molar-refractivity contribution in [1.29, 1.82) is 0 Å². The van der Waals surface area contributed by atoms with Gasteiger partial charge in [0.15, 0.2) is 0 Å². The molecular weight excluding hydrogens is 755 g/mol. The molecule has 15 rings (SSSR count). The number of rotatable bonds is 2. The van der Waals surface area contributed by atoms with E-state index in [2.05, 4.69) is 209 Å². The Morgan fingerprint density at radius 3 is 1.45 bits per heavy atom. The highest BCUT2D eigenvalue weighted by Crippen LogP contribution is 2.49. The lowest BCUT2D eigenvalue weighted by Crippen LogP contribution is -2.68. The highest BCUT2D eigenvalue weighted by molar-refractivity contribution is 7.05. The fourth-order valence-electron chi connectivity index (χ4n) is 11.8. The molecule has 0 unspecified atom stereocenters. The monoisotopic (exact) mass is 787 g/mol. The molecule has 0 bridgehead atoms. The first-order valence-corrected chi connectivity index (χ1v) is 21.5. The van der Waals surface area contributed by atoms with E-state index in [-0.39, 0.29) is 20.1 Å². The van der Waals surface area contributed by atoms with Gasteiger partial charge in [-0.2, -0.15) is 0 Å². The van der Waals surface area contributed by atoms with Crippen LogP contribution in [0.4, 0.5) is 51.2 Å². The largest absolute Gasteiger partial charge is 0.458 e. The van der Waals surface area contributed by atoms with E-state index in [0.29, 0.717) is 0 Å². The number of anilines is 9. The van der Waals surface area contributed by atoms with Crippen molar-refractivity contribution in [3.05, 3.63) is 194 Å². The number of hydrogen-bond acceptors (Lipinski definition) is 5. The summed E-state index contributed by atoms with van der Waals surface area (Å²) in [6.45, 7) is -0.0782. The fourth-order valence-corrected chi connectivity index (χ4v) is 11.8. The number of hydrogen-bond donors (Lipinski definition) is 0.